The van der Waals surface area contributed by atoms with Crippen molar-refractivity contribution in [2.45, 2.75) is 41.0 Å². The van der Waals surface area contributed by atoms with Crippen LogP contribution >= 0.6 is 11.6 Å². The molecule has 0 aliphatic rings. The molecule has 174 valence electrons. The van der Waals surface area contributed by atoms with Crippen LogP contribution < -0.4 is 10.1 Å². The lowest BCUT2D eigenvalue weighted by atomic mass is 9.98. The fraction of sp³-hybridized carbons (Fsp3) is 0.241. The van der Waals surface area contributed by atoms with Crippen molar-refractivity contribution in [2.75, 3.05) is 11.9 Å². The van der Waals surface area contributed by atoms with E-state index in [1.54, 1.807) is 6.07 Å². The number of ether oxygens (including phenoxy) is 1. The van der Waals surface area contributed by atoms with Gasteiger partial charge in [0, 0.05) is 22.7 Å². The summed E-state index contributed by atoms with van der Waals surface area (Å²) in [7, 11) is 0. The first-order valence-electron chi connectivity index (χ1n) is 11.2. The first kappa shape index (κ1) is 25.1. The number of carbonyl (C=O) groups excluding carboxylic acids is 1. The fourth-order valence-electron chi connectivity index (χ4n) is 4.00. The second-order valence-corrected chi connectivity index (χ2v) is 8.93. The van der Waals surface area contributed by atoms with Crippen LogP contribution in [0.2, 0.25) is 5.02 Å². The van der Waals surface area contributed by atoms with Gasteiger partial charge >= 0.3 is 0 Å². The van der Waals surface area contributed by atoms with Crippen LogP contribution in [0.4, 0.5) is 5.69 Å². The Labute approximate surface area is 206 Å². The molecule has 0 bridgehead atoms. The predicted molar refractivity (Wildman–Crippen MR) is 139 cm³/mol. The van der Waals surface area contributed by atoms with Gasteiger partial charge in [0.25, 0.3) is 5.91 Å². The van der Waals surface area contributed by atoms with Gasteiger partial charge in [0.2, 0.25) is 0 Å². The number of anilines is 1. The van der Waals surface area contributed by atoms with Crippen LogP contribution in [0.3, 0.4) is 0 Å². The summed E-state index contributed by atoms with van der Waals surface area (Å²) in [6.07, 6.45) is 2.16. The Morgan fingerprint density at radius 2 is 1.74 bits per heavy atom. The molecule has 0 unspecified atom stereocenters. The maximum absolute atomic E-state index is 12.8. The zero-order valence-corrected chi connectivity index (χ0v) is 21.0. The van der Waals surface area contributed by atoms with Gasteiger partial charge < -0.3 is 10.1 Å². The van der Waals surface area contributed by atoms with Gasteiger partial charge in [-0.2, -0.15) is 5.26 Å². The molecular weight excluding hydrogens is 444 g/mol. The van der Waals surface area contributed by atoms with E-state index in [0.29, 0.717) is 35.1 Å². The Morgan fingerprint density at radius 3 is 2.35 bits per heavy atom. The van der Waals surface area contributed by atoms with Crippen molar-refractivity contribution in [1.29, 1.82) is 5.26 Å². The summed E-state index contributed by atoms with van der Waals surface area (Å²) < 4.78 is 5.89. The second kappa shape index (κ2) is 11.0. The Hall–Kier alpha value is -3.55. The van der Waals surface area contributed by atoms with Gasteiger partial charge in [0.1, 0.15) is 17.4 Å². The minimum absolute atomic E-state index is 0.0134. The molecule has 0 atom stereocenters. The van der Waals surface area contributed by atoms with Gasteiger partial charge in [0.05, 0.1) is 6.61 Å². The second-order valence-electron chi connectivity index (χ2n) is 8.53. The fourth-order valence-corrected chi connectivity index (χ4v) is 4.29. The summed E-state index contributed by atoms with van der Waals surface area (Å²) in [6, 6.07) is 17.7. The number of nitriles is 1. The van der Waals surface area contributed by atoms with Crippen molar-refractivity contribution in [3.63, 3.8) is 0 Å². The standard InChI is InChI=1S/C29H29ClN2O2/c1-6-34-28-16-23(15-26(30)25(28)14-22-11-19(3)9-20(4)12-22)13-24(17-31)29(33)32-27-8-7-18(2)10-21(27)5/h7-13,15-16H,6,14H2,1-5H3,(H,32,33)/b24-13+. The molecule has 0 aliphatic carbocycles. The molecule has 3 aromatic rings. The van der Waals surface area contributed by atoms with Gasteiger partial charge in [-0.05, 0) is 75.6 Å². The van der Waals surface area contributed by atoms with Crippen molar-refractivity contribution in [1.82, 2.24) is 0 Å². The molecule has 0 heterocycles. The molecule has 0 saturated carbocycles. The summed E-state index contributed by atoms with van der Waals surface area (Å²) in [5.41, 5.74) is 7.74. The summed E-state index contributed by atoms with van der Waals surface area (Å²) >= 11 is 6.68. The smallest absolute Gasteiger partial charge is 0.266 e. The molecule has 3 rings (SSSR count). The number of nitrogens with one attached hydrogen (secondary N) is 1. The van der Waals surface area contributed by atoms with Crippen molar-refractivity contribution < 1.29 is 9.53 Å². The number of rotatable bonds is 7. The highest BCUT2D eigenvalue weighted by atomic mass is 35.5. The molecule has 5 heteroatoms. The van der Waals surface area contributed by atoms with Crippen molar-refractivity contribution in [2.24, 2.45) is 0 Å². The Kier molecular flexibility index (Phi) is 8.15. The van der Waals surface area contributed by atoms with E-state index in [1.165, 1.54) is 17.2 Å². The first-order valence-corrected chi connectivity index (χ1v) is 11.6. The Bertz CT molecular complexity index is 1280. The number of benzene rings is 3. The lowest BCUT2D eigenvalue weighted by Crippen LogP contribution is -2.14. The molecule has 34 heavy (non-hydrogen) atoms. The summed E-state index contributed by atoms with van der Waals surface area (Å²) in [4.78, 5) is 12.8. The van der Waals surface area contributed by atoms with Crippen molar-refractivity contribution in [3.8, 4) is 11.8 Å². The van der Waals surface area contributed by atoms with Crippen LogP contribution in [0, 0.1) is 39.0 Å². The molecule has 3 aromatic carbocycles. The number of halogens is 1. The third kappa shape index (κ3) is 6.27. The highest BCUT2D eigenvalue weighted by Gasteiger charge is 2.15. The lowest BCUT2D eigenvalue weighted by Gasteiger charge is -2.15. The van der Waals surface area contributed by atoms with E-state index in [9.17, 15) is 10.1 Å². The van der Waals surface area contributed by atoms with E-state index in [2.05, 4.69) is 37.4 Å². The molecule has 4 nitrogen and oxygen atoms in total. The minimum Gasteiger partial charge on any atom is -0.494 e. The van der Waals surface area contributed by atoms with Gasteiger partial charge in [-0.3, -0.25) is 4.79 Å². The van der Waals surface area contributed by atoms with Crippen LogP contribution in [0.15, 0.2) is 54.1 Å². The maximum atomic E-state index is 12.8. The zero-order valence-electron chi connectivity index (χ0n) is 20.3. The zero-order chi connectivity index (χ0) is 24.8. The van der Waals surface area contributed by atoms with Crippen molar-refractivity contribution in [3.05, 3.63) is 98.1 Å². The molecule has 1 amide bonds. The quantitative estimate of drug-likeness (QED) is 0.294. The number of nitrogens with zero attached hydrogens (tertiary/aromatic N) is 1. The van der Waals surface area contributed by atoms with Crippen LogP contribution in [-0.4, -0.2) is 12.5 Å². The monoisotopic (exact) mass is 472 g/mol. The Balaban J connectivity index is 1.93. The van der Waals surface area contributed by atoms with Gasteiger partial charge in [-0.1, -0.05) is 58.6 Å². The molecular formula is C29H29ClN2O2. The van der Waals surface area contributed by atoms with Crippen LogP contribution in [0.25, 0.3) is 6.08 Å². The summed E-state index contributed by atoms with van der Waals surface area (Å²) in [6.45, 7) is 10.4. The molecule has 0 fully saturated rings. The number of amides is 1. The molecule has 0 radical (unpaired) electrons. The predicted octanol–water partition coefficient (Wildman–Crippen LogP) is 7.11. The van der Waals surface area contributed by atoms with E-state index in [-0.39, 0.29) is 5.57 Å². The van der Waals surface area contributed by atoms with Crippen molar-refractivity contribution >= 4 is 29.3 Å². The summed E-state index contributed by atoms with van der Waals surface area (Å²) in [5.74, 6) is 0.176. The van der Waals surface area contributed by atoms with E-state index < -0.39 is 5.91 Å². The Morgan fingerprint density at radius 1 is 1.03 bits per heavy atom. The lowest BCUT2D eigenvalue weighted by molar-refractivity contribution is -0.112. The SMILES string of the molecule is CCOc1cc(/C=C(\C#N)C(=O)Nc2ccc(C)cc2C)cc(Cl)c1Cc1cc(C)cc(C)c1. The third-order valence-electron chi connectivity index (χ3n) is 5.45. The minimum atomic E-state index is -0.470. The average molecular weight is 473 g/mol. The van der Waals surface area contributed by atoms with E-state index in [0.717, 1.165) is 22.3 Å². The number of carbonyl (C=O) groups is 1. The average Bonchev–Trinajstić information content (AvgIpc) is 2.76. The molecule has 0 aromatic heterocycles. The molecule has 0 saturated heterocycles. The van der Waals surface area contributed by atoms with Crippen LogP contribution in [0.5, 0.6) is 5.75 Å². The first-order chi connectivity index (χ1) is 16.2. The van der Waals surface area contributed by atoms with Gasteiger partial charge in [-0.25, -0.2) is 0 Å². The number of hydrogen-bond acceptors (Lipinski definition) is 3. The van der Waals surface area contributed by atoms with E-state index in [4.69, 9.17) is 16.3 Å². The largest absolute Gasteiger partial charge is 0.494 e. The molecule has 0 spiro atoms. The topological polar surface area (TPSA) is 62.1 Å². The third-order valence-corrected chi connectivity index (χ3v) is 5.78. The summed E-state index contributed by atoms with van der Waals surface area (Å²) in [5, 5.41) is 13.0. The van der Waals surface area contributed by atoms with Gasteiger partial charge in [0.15, 0.2) is 0 Å². The maximum Gasteiger partial charge on any atom is 0.266 e. The van der Waals surface area contributed by atoms with Crippen LogP contribution in [0.1, 0.15) is 45.9 Å². The normalized spacial score (nSPS) is 11.1. The van der Waals surface area contributed by atoms with Crippen LogP contribution in [-0.2, 0) is 11.2 Å². The molecule has 0 aliphatic heterocycles. The highest BCUT2D eigenvalue weighted by molar-refractivity contribution is 6.31. The number of aryl methyl sites for hydroxylation is 4. The van der Waals surface area contributed by atoms with E-state index in [1.807, 2.05) is 51.1 Å². The molecule has 1 N–H and O–H groups in total. The van der Waals surface area contributed by atoms with Gasteiger partial charge in [-0.15, -0.1) is 0 Å². The number of hydrogen-bond donors (Lipinski definition) is 1. The highest BCUT2D eigenvalue weighted by Crippen LogP contribution is 2.32. The van der Waals surface area contributed by atoms with E-state index >= 15 is 0 Å².